The fraction of sp³-hybridized carbons (Fsp3) is 0.633. The van der Waals surface area contributed by atoms with E-state index in [0.717, 1.165) is 58.0 Å². The zero-order valence-electron chi connectivity index (χ0n) is 25.6. The van der Waals surface area contributed by atoms with Gasteiger partial charge >= 0.3 is 7.60 Å². The Labute approximate surface area is 271 Å². The van der Waals surface area contributed by atoms with Crippen molar-refractivity contribution in [3.63, 3.8) is 0 Å². The van der Waals surface area contributed by atoms with Crippen LogP contribution in [0, 0.1) is 5.92 Å². The van der Waals surface area contributed by atoms with Crippen molar-refractivity contribution in [3.05, 3.63) is 47.0 Å². The van der Waals surface area contributed by atoms with Crippen LogP contribution >= 0.6 is 26.6 Å². The van der Waals surface area contributed by atoms with Crippen molar-refractivity contribution in [2.24, 2.45) is 5.92 Å². The van der Waals surface area contributed by atoms with Crippen LogP contribution in [0.15, 0.2) is 30.6 Å². The second-order valence-corrected chi connectivity index (χ2v) is 18.6. The first-order chi connectivity index (χ1) is 21.8. The van der Waals surface area contributed by atoms with Crippen molar-refractivity contribution in [1.29, 1.82) is 0 Å². The first-order valence-electron chi connectivity index (χ1n) is 15.9. The first-order valence-corrected chi connectivity index (χ1v) is 20.3. The maximum Gasteiger partial charge on any atom is 0.335 e. The van der Waals surface area contributed by atoms with Crippen molar-refractivity contribution >= 4 is 43.5 Å². The van der Waals surface area contributed by atoms with Gasteiger partial charge in [0.1, 0.15) is 18.1 Å². The van der Waals surface area contributed by atoms with E-state index in [1.807, 2.05) is 0 Å². The lowest BCUT2D eigenvalue weighted by Crippen LogP contribution is -2.37. The minimum absolute atomic E-state index is 0.0000965. The maximum absolute atomic E-state index is 13.0. The Morgan fingerprint density at radius 2 is 1.91 bits per heavy atom. The van der Waals surface area contributed by atoms with Gasteiger partial charge in [-0.25, -0.2) is 4.98 Å². The summed E-state index contributed by atoms with van der Waals surface area (Å²) in [6, 6.07) is 8.67. The molecule has 0 amide bonds. The molecule has 4 aliphatic rings. The highest BCUT2D eigenvalue weighted by atomic mass is 35.5. The van der Waals surface area contributed by atoms with E-state index in [1.54, 1.807) is 4.57 Å². The minimum Gasteiger partial charge on any atom is -0.388 e. The Hall–Kier alpha value is -1.92. The Balaban J connectivity index is 1.13. The molecule has 4 N–H and O–H groups in total. The molecule has 0 bridgehead atoms. The zero-order chi connectivity index (χ0) is 32.4. The van der Waals surface area contributed by atoms with Crippen molar-refractivity contribution < 1.29 is 38.4 Å². The van der Waals surface area contributed by atoms with E-state index in [9.17, 15) is 29.1 Å². The lowest BCUT2D eigenvalue weighted by atomic mass is 9.69. The predicted octanol–water partition coefficient (Wildman–Crippen LogP) is 4.20. The van der Waals surface area contributed by atoms with Gasteiger partial charge in [-0.15, -0.1) is 0 Å². The largest absolute Gasteiger partial charge is 0.388 e. The molecule has 0 radical (unpaired) electrons. The summed E-state index contributed by atoms with van der Waals surface area (Å²) in [5.74, 6) is -0.252. The maximum atomic E-state index is 13.0. The summed E-state index contributed by atoms with van der Waals surface area (Å²) >= 11 is 6.48. The molecule has 2 saturated heterocycles. The van der Waals surface area contributed by atoms with Crippen LogP contribution in [0.5, 0.6) is 0 Å². The van der Waals surface area contributed by atoms with Crippen molar-refractivity contribution in [3.8, 4) is 0 Å². The molecular formula is C30H40ClN5O8P2. The van der Waals surface area contributed by atoms with Gasteiger partial charge in [0.25, 0.3) is 0 Å². The molecule has 250 valence electrons. The van der Waals surface area contributed by atoms with Gasteiger partial charge in [-0.2, -0.15) is 9.97 Å². The molecule has 46 heavy (non-hydrogen) atoms. The second-order valence-electron chi connectivity index (χ2n) is 13.5. The van der Waals surface area contributed by atoms with E-state index in [4.69, 9.17) is 20.9 Å². The summed E-state index contributed by atoms with van der Waals surface area (Å²) in [7, 11) is -8.23. The lowest BCUT2D eigenvalue weighted by molar-refractivity contribution is -0.0557. The Bertz CT molecular complexity index is 1720. The number of hydrogen-bond acceptors (Lipinski definition) is 10. The Morgan fingerprint density at radius 1 is 1.13 bits per heavy atom. The van der Waals surface area contributed by atoms with Crippen LogP contribution in [0.3, 0.4) is 0 Å². The third-order valence-corrected chi connectivity index (χ3v) is 14.7. The molecule has 2 aliphatic heterocycles. The van der Waals surface area contributed by atoms with E-state index in [-0.39, 0.29) is 23.0 Å². The van der Waals surface area contributed by atoms with Crippen LogP contribution in [-0.4, -0.2) is 89.6 Å². The van der Waals surface area contributed by atoms with E-state index < -0.39 is 51.5 Å². The topological polar surface area (TPSA) is 180 Å². The van der Waals surface area contributed by atoms with Gasteiger partial charge < -0.3 is 34.2 Å². The number of halogens is 1. The predicted molar refractivity (Wildman–Crippen MR) is 171 cm³/mol. The quantitative estimate of drug-likeness (QED) is 0.185. The third kappa shape index (κ3) is 6.19. The average Bonchev–Trinajstić information content (AvgIpc) is 3.63. The summed E-state index contributed by atoms with van der Waals surface area (Å²) < 4.78 is 38.2. The zero-order valence-corrected chi connectivity index (χ0v) is 28.1. The number of ether oxygens (including phenoxy) is 1. The Kier molecular flexibility index (Phi) is 8.65. The lowest BCUT2D eigenvalue weighted by Gasteiger charge is -2.36. The molecular weight excluding hydrogens is 656 g/mol. The number of benzene rings is 1. The molecule has 3 fully saturated rings. The average molecular weight is 696 g/mol. The van der Waals surface area contributed by atoms with Gasteiger partial charge in [0.15, 0.2) is 23.2 Å². The fourth-order valence-corrected chi connectivity index (χ4v) is 11.9. The monoisotopic (exact) mass is 695 g/mol. The number of hydrogen-bond donors (Lipinski definition) is 4. The summed E-state index contributed by atoms with van der Waals surface area (Å²) in [5, 5.41) is 22.3. The van der Waals surface area contributed by atoms with E-state index in [1.165, 1.54) is 24.1 Å². The number of rotatable bonds is 9. The second kappa shape index (κ2) is 12.2. The van der Waals surface area contributed by atoms with Crippen LogP contribution in [0.4, 0.5) is 5.82 Å². The molecule has 7 rings (SSSR count). The van der Waals surface area contributed by atoms with E-state index in [0.29, 0.717) is 17.0 Å². The van der Waals surface area contributed by atoms with Crippen LogP contribution < -0.4 is 4.90 Å². The summed E-state index contributed by atoms with van der Waals surface area (Å²) in [6.45, 7) is 2.77. The minimum atomic E-state index is -4.57. The summed E-state index contributed by atoms with van der Waals surface area (Å²) in [5.41, 5.74) is 3.71. The molecule has 16 heteroatoms. The number of aromatic nitrogens is 4. The molecule has 4 heterocycles. The smallest absolute Gasteiger partial charge is 0.335 e. The first kappa shape index (κ1) is 32.6. The number of anilines is 1. The molecule has 2 aliphatic carbocycles. The van der Waals surface area contributed by atoms with Gasteiger partial charge in [-0.1, -0.05) is 30.7 Å². The van der Waals surface area contributed by atoms with E-state index >= 15 is 0 Å². The molecule has 1 aromatic carbocycles. The fourth-order valence-electron chi connectivity index (χ4n) is 7.94. The molecule has 7 atom stereocenters. The highest BCUT2D eigenvalue weighted by Crippen LogP contribution is 2.58. The van der Waals surface area contributed by atoms with Crippen molar-refractivity contribution in [2.75, 3.05) is 30.6 Å². The number of aliphatic hydroxyl groups excluding tert-OH is 2. The van der Waals surface area contributed by atoms with Crippen LogP contribution in [0.25, 0.3) is 11.2 Å². The Morgan fingerprint density at radius 3 is 2.65 bits per heavy atom. The van der Waals surface area contributed by atoms with Gasteiger partial charge in [0.2, 0.25) is 12.7 Å². The SMILES string of the molecule is CP(=O)(CP(=O)(O)O)OC(CC1OC(n2cnc3c(N4CCC5(CCCc6ccccc65)C4)nc(Cl)nc32)C(O)C1O)C1CCC1. The molecule has 3 aromatic rings. The molecule has 1 saturated carbocycles. The summed E-state index contributed by atoms with van der Waals surface area (Å²) in [6.07, 6.45) is 3.14. The van der Waals surface area contributed by atoms with Crippen molar-refractivity contribution in [2.45, 2.75) is 87.4 Å². The van der Waals surface area contributed by atoms with E-state index in [2.05, 4.69) is 44.1 Å². The number of imidazole rings is 1. The van der Waals surface area contributed by atoms with Gasteiger partial charge in [0.05, 0.1) is 18.5 Å². The molecule has 13 nitrogen and oxygen atoms in total. The molecule has 7 unspecified atom stereocenters. The van der Waals surface area contributed by atoms with Gasteiger partial charge in [0, 0.05) is 31.6 Å². The molecule has 2 aromatic heterocycles. The normalized spacial score (nSPS) is 30.4. The van der Waals surface area contributed by atoms with Gasteiger partial charge in [-0.05, 0) is 67.2 Å². The number of aliphatic hydroxyl groups is 2. The van der Waals surface area contributed by atoms with Crippen LogP contribution in [0.1, 0.15) is 62.3 Å². The molecule has 1 spiro atoms. The van der Waals surface area contributed by atoms with Crippen molar-refractivity contribution in [1.82, 2.24) is 19.5 Å². The summed E-state index contributed by atoms with van der Waals surface area (Å²) in [4.78, 5) is 34.7. The standard InChI is InChI=1S/C30H40ClN5O8P2/c1-45(39,17-46(40,41)42)44-21(19-7-4-8-19)14-22-24(37)25(38)28(43-22)36-16-32-23-26(33-29(31)34-27(23)36)35-13-12-30(15-35)11-5-9-18-6-2-3-10-20(18)30/h2-3,6,10,16,19,21-22,24-25,28,37-38H,4-5,7-9,11-15,17H2,1H3,(H2,40,41,42). The number of aryl methyl sites for hydroxylation is 1. The van der Waals surface area contributed by atoms with Crippen LogP contribution in [-0.2, 0) is 30.2 Å². The number of nitrogens with zero attached hydrogens (tertiary/aromatic N) is 5. The highest BCUT2D eigenvalue weighted by molar-refractivity contribution is 7.72. The number of fused-ring (bicyclic) bond motifs is 3. The van der Waals surface area contributed by atoms with Gasteiger partial charge in [-0.3, -0.25) is 13.7 Å². The third-order valence-electron chi connectivity index (χ3n) is 10.3. The van der Waals surface area contributed by atoms with Crippen LogP contribution in [0.2, 0.25) is 5.28 Å². The highest BCUT2D eigenvalue weighted by Gasteiger charge is 2.48.